The molecule has 2 unspecified atom stereocenters. The lowest BCUT2D eigenvalue weighted by Crippen LogP contribution is -2.15. The Morgan fingerprint density at radius 1 is 0.442 bits per heavy atom. The Balaban J connectivity index is 1.21. The molecule has 202 valence electrons. The lowest BCUT2D eigenvalue weighted by atomic mass is 9.84. The zero-order valence-corrected chi connectivity index (χ0v) is 23.6. The van der Waals surface area contributed by atoms with Crippen molar-refractivity contribution in [3.8, 4) is 39.1 Å². The third-order valence-corrected chi connectivity index (χ3v) is 9.21. The Kier molecular flexibility index (Phi) is 5.39. The van der Waals surface area contributed by atoms with Gasteiger partial charge < -0.3 is 4.74 Å². The number of hydrogen-bond donors (Lipinski definition) is 0. The normalized spacial score (nSPS) is 16.8. The van der Waals surface area contributed by atoms with Gasteiger partial charge in [-0.3, -0.25) is 0 Å². The van der Waals surface area contributed by atoms with Crippen LogP contribution >= 0.6 is 0 Å². The van der Waals surface area contributed by atoms with Crippen LogP contribution in [0.4, 0.5) is 0 Å². The van der Waals surface area contributed by atoms with E-state index in [0.717, 1.165) is 5.75 Å². The fourth-order valence-corrected chi connectivity index (χ4v) is 7.22. The highest BCUT2D eigenvalue weighted by molar-refractivity contribution is 6.23. The van der Waals surface area contributed by atoms with Crippen molar-refractivity contribution in [3.63, 3.8) is 0 Å². The van der Waals surface area contributed by atoms with Gasteiger partial charge in [0.1, 0.15) is 11.9 Å². The number of rotatable bonds is 3. The van der Waals surface area contributed by atoms with Crippen molar-refractivity contribution in [2.24, 2.45) is 0 Å². The zero-order valence-electron chi connectivity index (χ0n) is 23.6. The molecule has 0 fully saturated rings. The van der Waals surface area contributed by atoms with Gasteiger partial charge in [0.2, 0.25) is 0 Å². The summed E-state index contributed by atoms with van der Waals surface area (Å²) in [6.07, 6.45) is 8.72. The van der Waals surface area contributed by atoms with Gasteiger partial charge in [-0.25, -0.2) is 0 Å². The maximum atomic E-state index is 6.19. The van der Waals surface area contributed by atoms with Crippen LogP contribution in [0.25, 0.3) is 65.7 Å². The van der Waals surface area contributed by atoms with Crippen LogP contribution in [0.15, 0.2) is 158 Å². The van der Waals surface area contributed by atoms with Crippen molar-refractivity contribution in [1.82, 2.24) is 0 Å². The average Bonchev–Trinajstić information content (AvgIpc) is 3.45. The molecule has 0 bridgehead atoms. The molecule has 0 amide bonds. The monoisotopic (exact) mass is 548 g/mol. The molecule has 7 aromatic rings. The van der Waals surface area contributed by atoms with Gasteiger partial charge in [-0.15, -0.1) is 0 Å². The molecule has 7 aromatic carbocycles. The molecule has 2 atom stereocenters. The summed E-state index contributed by atoms with van der Waals surface area (Å²) in [5.74, 6) is 1.29. The van der Waals surface area contributed by atoms with Gasteiger partial charge in [-0.05, 0) is 83.9 Å². The van der Waals surface area contributed by atoms with Crippen LogP contribution in [0.2, 0.25) is 0 Å². The summed E-state index contributed by atoms with van der Waals surface area (Å²) in [6, 6.07) is 48.9. The summed E-state index contributed by atoms with van der Waals surface area (Å²) < 4.78 is 6.19. The Morgan fingerprint density at radius 3 is 1.77 bits per heavy atom. The van der Waals surface area contributed by atoms with Crippen LogP contribution in [0.5, 0.6) is 5.75 Å². The highest BCUT2D eigenvalue weighted by Crippen LogP contribution is 2.46. The van der Waals surface area contributed by atoms with Crippen molar-refractivity contribution in [3.05, 3.63) is 163 Å². The minimum atomic E-state index is 0.107. The van der Waals surface area contributed by atoms with Gasteiger partial charge >= 0.3 is 0 Å². The number of allylic oxidation sites excluding steroid dienone is 2. The standard InChI is InChI=1S/C42H28O/c1-2-12-31-28(10-1)11-9-18-33(31)42-36-16-5-3-14-34(36)41(35-15-4-6-17-37(35)42)29-22-20-27(21-23-29)30-24-25-40-38(26-30)32-13-7-8-19-39(32)43-40/h1-26,32,39H. The lowest BCUT2D eigenvalue weighted by molar-refractivity contribution is 0.269. The SMILES string of the molecule is C1=CC2Oc3ccc(-c4ccc(-c5c6ccccc6c(-c6cccc7ccccc67)c6ccccc56)cc4)cc3C2C=C1. The van der Waals surface area contributed by atoms with E-state index in [9.17, 15) is 0 Å². The maximum Gasteiger partial charge on any atom is 0.128 e. The van der Waals surface area contributed by atoms with Gasteiger partial charge in [-0.2, -0.15) is 0 Å². The van der Waals surface area contributed by atoms with Gasteiger partial charge in [0.15, 0.2) is 0 Å². The molecule has 1 heterocycles. The molecule has 0 spiro atoms. The molecule has 0 saturated carbocycles. The summed E-state index contributed by atoms with van der Waals surface area (Å²) in [5.41, 5.74) is 8.79. The van der Waals surface area contributed by atoms with E-state index in [0.29, 0.717) is 0 Å². The highest BCUT2D eigenvalue weighted by atomic mass is 16.5. The van der Waals surface area contributed by atoms with E-state index in [4.69, 9.17) is 4.74 Å². The van der Waals surface area contributed by atoms with Crippen molar-refractivity contribution >= 4 is 32.3 Å². The maximum absolute atomic E-state index is 6.19. The first kappa shape index (κ1) is 24.2. The van der Waals surface area contributed by atoms with Gasteiger partial charge in [0.25, 0.3) is 0 Å². The zero-order chi connectivity index (χ0) is 28.3. The molecule has 0 N–H and O–H groups in total. The third-order valence-electron chi connectivity index (χ3n) is 9.21. The first-order valence-corrected chi connectivity index (χ1v) is 15.0. The summed E-state index contributed by atoms with van der Waals surface area (Å²) >= 11 is 0. The van der Waals surface area contributed by atoms with E-state index in [-0.39, 0.29) is 12.0 Å². The Bertz CT molecular complexity index is 2210. The molecule has 1 aliphatic heterocycles. The van der Waals surface area contributed by atoms with E-state index in [2.05, 4.69) is 158 Å². The topological polar surface area (TPSA) is 9.23 Å². The molecule has 1 heteroatoms. The van der Waals surface area contributed by atoms with Gasteiger partial charge in [0, 0.05) is 11.5 Å². The van der Waals surface area contributed by atoms with Crippen molar-refractivity contribution in [2.45, 2.75) is 12.0 Å². The molecule has 1 nitrogen and oxygen atoms in total. The lowest BCUT2D eigenvalue weighted by Gasteiger charge is -2.19. The van der Waals surface area contributed by atoms with Gasteiger partial charge in [-0.1, -0.05) is 140 Å². The smallest absolute Gasteiger partial charge is 0.128 e. The fourth-order valence-electron chi connectivity index (χ4n) is 7.22. The molecular formula is C42H28O. The number of hydrogen-bond acceptors (Lipinski definition) is 1. The second-order valence-corrected chi connectivity index (χ2v) is 11.6. The summed E-state index contributed by atoms with van der Waals surface area (Å²) in [7, 11) is 0. The molecule has 43 heavy (non-hydrogen) atoms. The molecule has 0 radical (unpaired) electrons. The predicted octanol–water partition coefficient (Wildman–Crippen LogP) is 11.1. The van der Waals surface area contributed by atoms with Crippen LogP contribution in [0.3, 0.4) is 0 Å². The Hall–Kier alpha value is -5.40. The molecule has 9 rings (SSSR count). The van der Waals surface area contributed by atoms with E-state index in [1.165, 1.54) is 71.3 Å². The van der Waals surface area contributed by atoms with E-state index in [1.54, 1.807) is 0 Å². The van der Waals surface area contributed by atoms with Gasteiger partial charge in [0.05, 0.1) is 0 Å². The highest BCUT2D eigenvalue weighted by Gasteiger charge is 2.32. The second-order valence-electron chi connectivity index (χ2n) is 11.6. The predicted molar refractivity (Wildman–Crippen MR) is 181 cm³/mol. The second kappa shape index (κ2) is 9.58. The molecular weight excluding hydrogens is 520 g/mol. The van der Waals surface area contributed by atoms with E-state index < -0.39 is 0 Å². The van der Waals surface area contributed by atoms with Crippen LogP contribution in [-0.4, -0.2) is 6.10 Å². The number of benzene rings is 7. The largest absolute Gasteiger partial charge is 0.485 e. The van der Waals surface area contributed by atoms with Crippen molar-refractivity contribution in [1.29, 1.82) is 0 Å². The van der Waals surface area contributed by atoms with Crippen LogP contribution < -0.4 is 4.74 Å². The Labute approximate surface area is 251 Å². The van der Waals surface area contributed by atoms with Crippen molar-refractivity contribution in [2.75, 3.05) is 0 Å². The average molecular weight is 549 g/mol. The van der Waals surface area contributed by atoms with Crippen molar-refractivity contribution < 1.29 is 4.74 Å². The summed E-state index contributed by atoms with van der Waals surface area (Å²) in [5, 5.41) is 7.64. The first-order valence-electron chi connectivity index (χ1n) is 15.0. The Morgan fingerprint density at radius 2 is 1.02 bits per heavy atom. The van der Waals surface area contributed by atoms with Crippen LogP contribution in [0.1, 0.15) is 11.5 Å². The van der Waals surface area contributed by atoms with Crippen LogP contribution in [-0.2, 0) is 0 Å². The minimum Gasteiger partial charge on any atom is -0.485 e. The summed E-state index contributed by atoms with van der Waals surface area (Å²) in [4.78, 5) is 0. The van der Waals surface area contributed by atoms with Crippen LogP contribution in [0, 0.1) is 0 Å². The number of ether oxygens (including phenoxy) is 1. The molecule has 0 aromatic heterocycles. The molecule has 2 aliphatic rings. The fraction of sp³-hybridized carbons (Fsp3) is 0.0476. The number of fused-ring (bicyclic) bond motifs is 6. The molecule has 1 aliphatic carbocycles. The first-order chi connectivity index (χ1) is 21.3. The molecule has 0 saturated heterocycles. The van der Waals surface area contributed by atoms with E-state index >= 15 is 0 Å². The minimum absolute atomic E-state index is 0.107. The third kappa shape index (κ3) is 3.78. The van der Waals surface area contributed by atoms with E-state index in [1.807, 2.05) is 0 Å². The quantitative estimate of drug-likeness (QED) is 0.200. The summed E-state index contributed by atoms with van der Waals surface area (Å²) in [6.45, 7) is 0.